The van der Waals surface area contributed by atoms with Crippen molar-refractivity contribution in [2.45, 2.75) is 134 Å². The first-order chi connectivity index (χ1) is 19.8. The van der Waals surface area contributed by atoms with Gasteiger partial charge in [0.25, 0.3) is 0 Å². The molecule has 0 aromatic rings. The van der Waals surface area contributed by atoms with Gasteiger partial charge in [-0.3, -0.25) is 19.2 Å². The van der Waals surface area contributed by atoms with E-state index < -0.39 is 72.7 Å². The minimum atomic E-state index is -3.07. The molecule has 0 aliphatic carbocycles. The fourth-order valence-corrected chi connectivity index (χ4v) is 4.22. The van der Waals surface area contributed by atoms with Crippen LogP contribution in [0.2, 0.25) is 0 Å². The van der Waals surface area contributed by atoms with E-state index in [1.807, 2.05) is 0 Å². The number of carbonyl (C=O) groups excluding carboxylic acids is 4. The third-order valence-corrected chi connectivity index (χ3v) is 6.62. The van der Waals surface area contributed by atoms with Crippen molar-refractivity contribution >= 4 is 52.8 Å². The van der Waals surface area contributed by atoms with Crippen LogP contribution in [0.15, 0.2) is 0 Å². The number of hydrogen-bond acceptors (Lipinski definition) is 12. The summed E-state index contributed by atoms with van der Waals surface area (Å²) in [6.45, 7) is 2.09. The zero-order chi connectivity index (χ0) is 32.0. The van der Waals surface area contributed by atoms with E-state index in [2.05, 4.69) is 16.5 Å². The number of aliphatic hydroxyl groups is 2. The molecular weight excluding hydrogens is 661 g/mol. The Balaban J connectivity index is -0.00000280. The predicted octanol–water partition coefficient (Wildman–Crippen LogP) is 0.384. The van der Waals surface area contributed by atoms with Gasteiger partial charge in [-0.25, -0.2) is 9.59 Å². The molecule has 6 N–H and O–H groups in total. The standard InChI is InChI=1S/C28H47NO13.BrH.Na.H/c1-2-3-4-5-6-7-8-9-10-11-12-13-14-15-16-40-26(37)28(39,20-24(34)42-29)19-23(33)41-22(32)18-27(38,25(35)36)17-21(30)31;;;/h38-39H,2-20,29H2,1H3,(H,30,31)(H,35,36);1H;;/q;;+1;-1. The molecule has 14 nitrogen and oxygen atoms in total. The minimum Gasteiger partial charge on any atom is -1.00 e. The molecule has 0 saturated carbocycles. The number of carboxylic acid groups (broad SMARTS) is 2. The van der Waals surface area contributed by atoms with Gasteiger partial charge >= 0.3 is 65.4 Å². The molecule has 0 aromatic heterocycles. The van der Waals surface area contributed by atoms with Crippen LogP contribution in [0.4, 0.5) is 0 Å². The first kappa shape index (κ1) is 46.8. The van der Waals surface area contributed by atoms with Crippen molar-refractivity contribution in [1.82, 2.24) is 0 Å². The average Bonchev–Trinajstić information content (AvgIpc) is 2.89. The number of carbonyl (C=O) groups is 6. The van der Waals surface area contributed by atoms with Gasteiger partial charge in [0.1, 0.15) is 0 Å². The first-order valence-corrected chi connectivity index (χ1v) is 14.5. The molecule has 0 spiro atoms. The van der Waals surface area contributed by atoms with Crippen LogP contribution in [0.25, 0.3) is 0 Å². The van der Waals surface area contributed by atoms with E-state index in [-0.39, 0.29) is 54.6 Å². The zero-order valence-corrected chi connectivity index (χ0v) is 29.6. The first-order valence-electron chi connectivity index (χ1n) is 14.5. The second-order valence-corrected chi connectivity index (χ2v) is 10.5. The van der Waals surface area contributed by atoms with Crippen molar-refractivity contribution in [2.24, 2.45) is 5.90 Å². The molecule has 0 amide bonds. The average molecular weight is 711 g/mol. The van der Waals surface area contributed by atoms with Gasteiger partial charge in [-0.05, 0) is 6.42 Å². The molecule has 2 atom stereocenters. The summed E-state index contributed by atoms with van der Waals surface area (Å²) in [6.07, 6.45) is 10.5. The summed E-state index contributed by atoms with van der Waals surface area (Å²) in [5, 5.41) is 38.3. The van der Waals surface area contributed by atoms with E-state index in [1.165, 1.54) is 57.8 Å². The van der Waals surface area contributed by atoms with Gasteiger partial charge in [0.15, 0.2) is 11.2 Å². The Morgan fingerprint density at radius 2 is 1.02 bits per heavy atom. The third kappa shape index (κ3) is 22.0. The van der Waals surface area contributed by atoms with E-state index in [0.717, 1.165) is 25.7 Å². The molecular formula is C28H49BrNNaO13. The molecule has 0 fully saturated rings. The van der Waals surface area contributed by atoms with Crippen molar-refractivity contribution in [2.75, 3.05) is 6.61 Å². The fourth-order valence-electron chi connectivity index (χ4n) is 4.22. The molecule has 0 heterocycles. The summed E-state index contributed by atoms with van der Waals surface area (Å²) in [6, 6.07) is 0. The molecule has 0 aliphatic rings. The monoisotopic (exact) mass is 709 g/mol. The van der Waals surface area contributed by atoms with Gasteiger partial charge in [0.2, 0.25) is 0 Å². The van der Waals surface area contributed by atoms with Crippen LogP contribution >= 0.6 is 17.0 Å². The maximum atomic E-state index is 12.5. The van der Waals surface area contributed by atoms with Crippen molar-refractivity contribution in [3.63, 3.8) is 0 Å². The number of unbranched alkanes of at least 4 members (excludes halogenated alkanes) is 13. The van der Waals surface area contributed by atoms with Crippen LogP contribution in [-0.4, -0.2) is 74.1 Å². The molecule has 0 aromatic carbocycles. The van der Waals surface area contributed by atoms with Crippen molar-refractivity contribution in [1.29, 1.82) is 0 Å². The molecule has 0 rings (SSSR count). The number of nitrogens with two attached hydrogens (primary N) is 1. The minimum absolute atomic E-state index is 0. The van der Waals surface area contributed by atoms with Crippen LogP contribution in [0.1, 0.15) is 124 Å². The number of esters is 3. The molecule has 0 radical (unpaired) electrons. The summed E-state index contributed by atoms with van der Waals surface area (Å²) in [5.74, 6) is -4.93. The Morgan fingerprint density at radius 1 is 0.636 bits per heavy atom. The van der Waals surface area contributed by atoms with Crippen LogP contribution in [0.5, 0.6) is 0 Å². The molecule has 252 valence electrons. The van der Waals surface area contributed by atoms with E-state index in [1.54, 1.807) is 0 Å². The summed E-state index contributed by atoms with van der Waals surface area (Å²) >= 11 is 0. The second kappa shape index (κ2) is 26.6. The third-order valence-electron chi connectivity index (χ3n) is 6.62. The number of rotatable bonds is 25. The van der Waals surface area contributed by atoms with Gasteiger partial charge in [-0.2, -0.15) is 5.90 Å². The van der Waals surface area contributed by atoms with Gasteiger partial charge in [-0.15, -0.1) is 17.0 Å². The van der Waals surface area contributed by atoms with Gasteiger partial charge < -0.3 is 36.2 Å². The van der Waals surface area contributed by atoms with E-state index in [0.29, 0.717) is 6.42 Å². The zero-order valence-electron chi connectivity index (χ0n) is 26.9. The van der Waals surface area contributed by atoms with Crippen molar-refractivity contribution in [3.05, 3.63) is 0 Å². The number of carboxylic acids is 2. The van der Waals surface area contributed by atoms with Crippen LogP contribution in [0, 0.1) is 0 Å². The van der Waals surface area contributed by atoms with Gasteiger partial charge in [0.05, 0.1) is 32.3 Å². The molecule has 44 heavy (non-hydrogen) atoms. The molecule has 2 unspecified atom stereocenters. The molecule has 0 saturated heterocycles. The Kier molecular flexibility index (Phi) is 28.3. The van der Waals surface area contributed by atoms with Crippen LogP contribution in [-0.2, 0) is 43.1 Å². The van der Waals surface area contributed by atoms with E-state index in [4.69, 9.17) is 20.8 Å². The smallest absolute Gasteiger partial charge is 1.00 e. The van der Waals surface area contributed by atoms with E-state index in [9.17, 15) is 39.0 Å². The molecule has 0 aliphatic heterocycles. The maximum Gasteiger partial charge on any atom is 1.00 e. The number of ether oxygens (including phenoxy) is 2. The number of aliphatic carboxylic acids is 2. The Bertz CT molecular complexity index is 899. The molecule has 0 bridgehead atoms. The summed E-state index contributed by atoms with van der Waals surface area (Å²) in [4.78, 5) is 74.2. The summed E-state index contributed by atoms with van der Waals surface area (Å²) < 4.78 is 9.33. The Morgan fingerprint density at radius 3 is 1.41 bits per heavy atom. The van der Waals surface area contributed by atoms with Crippen molar-refractivity contribution < 1.29 is 94.5 Å². The number of hydrogen-bond donors (Lipinski definition) is 5. The predicted molar refractivity (Wildman–Crippen MR) is 158 cm³/mol. The van der Waals surface area contributed by atoms with Crippen LogP contribution in [0.3, 0.4) is 0 Å². The van der Waals surface area contributed by atoms with Crippen LogP contribution < -0.4 is 35.5 Å². The Hall–Kier alpha value is -1.62. The quantitative estimate of drug-likeness (QED) is 0.0283. The van der Waals surface area contributed by atoms with Crippen molar-refractivity contribution in [3.8, 4) is 0 Å². The summed E-state index contributed by atoms with van der Waals surface area (Å²) in [7, 11) is 0. The van der Waals surface area contributed by atoms with E-state index >= 15 is 0 Å². The molecule has 16 heteroatoms. The fraction of sp³-hybridized carbons (Fsp3) is 0.786. The Labute approximate surface area is 292 Å². The normalized spacial score (nSPS) is 13.2. The number of halogens is 1. The van der Waals surface area contributed by atoms with Gasteiger partial charge in [0, 0.05) is 0 Å². The topological polar surface area (TPSA) is 237 Å². The largest absolute Gasteiger partial charge is 1.00 e. The SMILES string of the molecule is Br.CCCCCCCCCCCCCCCCOC(=O)C(O)(CC(=O)ON)CC(=O)OC(=O)CC(O)(CC(=O)O)C(=O)O.[H-].[Na+]. The summed E-state index contributed by atoms with van der Waals surface area (Å²) in [5.41, 5.74) is -5.90. The second-order valence-electron chi connectivity index (χ2n) is 10.5. The van der Waals surface area contributed by atoms with Gasteiger partial charge in [-0.1, -0.05) is 90.4 Å². The maximum absolute atomic E-state index is 12.5.